The quantitative estimate of drug-likeness (QED) is 0.886. The topological polar surface area (TPSA) is 45.2 Å². The summed E-state index contributed by atoms with van der Waals surface area (Å²) in [6, 6.07) is 3.78. The molecule has 4 nitrogen and oxygen atoms in total. The van der Waals surface area contributed by atoms with E-state index in [9.17, 15) is 4.79 Å². The van der Waals surface area contributed by atoms with Gasteiger partial charge in [-0.15, -0.1) is 0 Å². The number of anilines is 1. The molecule has 0 spiro atoms. The summed E-state index contributed by atoms with van der Waals surface area (Å²) in [6.45, 7) is 7.07. The number of carbonyl (C=O) groups is 1. The van der Waals surface area contributed by atoms with Gasteiger partial charge in [0.05, 0.1) is 0 Å². The zero-order valence-corrected chi connectivity index (χ0v) is 11.9. The molecule has 1 aromatic heterocycles. The van der Waals surface area contributed by atoms with E-state index in [-0.39, 0.29) is 5.91 Å². The summed E-state index contributed by atoms with van der Waals surface area (Å²) in [5.74, 6) is 0.741. The van der Waals surface area contributed by atoms with Crippen LogP contribution in [0.1, 0.15) is 43.6 Å². The minimum atomic E-state index is 0.0602. The Balaban J connectivity index is 1.96. The number of likely N-dealkylation sites (tertiary alicyclic amines) is 1. The summed E-state index contributed by atoms with van der Waals surface area (Å²) in [6.07, 6.45) is 5.05. The van der Waals surface area contributed by atoms with E-state index in [1.54, 1.807) is 6.20 Å². The number of hydrogen-bond donors (Lipinski definition) is 1. The molecule has 0 aromatic carbocycles. The Labute approximate surface area is 115 Å². The Morgan fingerprint density at radius 1 is 1.42 bits per heavy atom. The van der Waals surface area contributed by atoms with Crippen LogP contribution in [0.5, 0.6) is 0 Å². The van der Waals surface area contributed by atoms with E-state index in [2.05, 4.69) is 24.1 Å². The maximum absolute atomic E-state index is 12.2. The van der Waals surface area contributed by atoms with E-state index in [1.165, 1.54) is 0 Å². The predicted octanol–water partition coefficient (Wildman–Crippen LogP) is 2.78. The molecule has 0 aliphatic carbocycles. The van der Waals surface area contributed by atoms with Gasteiger partial charge in [-0.05, 0) is 37.3 Å². The van der Waals surface area contributed by atoms with Crippen molar-refractivity contribution in [2.45, 2.75) is 33.1 Å². The molecule has 2 heterocycles. The van der Waals surface area contributed by atoms with Crippen LogP contribution in [0, 0.1) is 5.92 Å². The standard InChI is InChI=1S/C15H23N3O/c1-12(2)5-7-16-13-6-8-17-14(11-13)15(19)18-9-3-4-10-18/h6,8,11-12H,3-5,7,9-10H2,1-2H3,(H,16,17). The summed E-state index contributed by atoms with van der Waals surface area (Å²) in [5.41, 5.74) is 1.54. The van der Waals surface area contributed by atoms with Crippen LogP contribution in [0.25, 0.3) is 0 Å². The Bertz CT molecular complexity index is 425. The molecule has 4 heteroatoms. The molecule has 1 N–H and O–H groups in total. The number of nitrogens with one attached hydrogen (secondary N) is 1. The second-order valence-corrected chi connectivity index (χ2v) is 5.54. The molecule has 1 aliphatic rings. The van der Waals surface area contributed by atoms with Gasteiger partial charge in [0.2, 0.25) is 0 Å². The summed E-state index contributed by atoms with van der Waals surface area (Å²) in [7, 11) is 0. The molecule has 1 aliphatic heterocycles. The number of aromatic nitrogens is 1. The van der Waals surface area contributed by atoms with Crippen molar-refractivity contribution < 1.29 is 4.79 Å². The summed E-state index contributed by atoms with van der Waals surface area (Å²) in [5, 5.41) is 3.35. The van der Waals surface area contributed by atoms with E-state index in [0.717, 1.165) is 44.6 Å². The molecule has 1 fully saturated rings. The highest BCUT2D eigenvalue weighted by molar-refractivity contribution is 5.93. The average Bonchev–Trinajstić information content (AvgIpc) is 2.91. The van der Waals surface area contributed by atoms with Gasteiger partial charge < -0.3 is 10.2 Å². The van der Waals surface area contributed by atoms with Gasteiger partial charge in [-0.25, -0.2) is 0 Å². The molecular formula is C15H23N3O. The first-order valence-electron chi connectivity index (χ1n) is 7.16. The molecule has 1 aromatic rings. The van der Waals surface area contributed by atoms with Crippen molar-refractivity contribution in [3.8, 4) is 0 Å². The van der Waals surface area contributed by atoms with Crippen LogP contribution in [0.3, 0.4) is 0 Å². The number of nitrogens with zero attached hydrogens (tertiary/aromatic N) is 2. The minimum Gasteiger partial charge on any atom is -0.385 e. The van der Waals surface area contributed by atoms with E-state index >= 15 is 0 Å². The largest absolute Gasteiger partial charge is 0.385 e. The normalized spacial score (nSPS) is 15.0. The molecule has 104 valence electrons. The van der Waals surface area contributed by atoms with Gasteiger partial charge >= 0.3 is 0 Å². The van der Waals surface area contributed by atoms with Crippen molar-refractivity contribution in [2.24, 2.45) is 5.92 Å². The number of amides is 1. The van der Waals surface area contributed by atoms with Crippen LogP contribution in [-0.2, 0) is 0 Å². The fraction of sp³-hybridized carbons (Fsp3) is 0.600. The first-order valence-corrected chi connectivity index (χ1v) is 7.16. The average molecular weight is 261 g/mol. The third-order valence-electron chi connectivity index (χ3n) is 3.42. The summed E-state index contributed by atoms with van der Waals surface area (Å²) < 4.78 is 0. The predicted molar refractivity (Wildman–Crippen MR) is 77.3 cm³/mol. The highest BCUT2D eigenvalue weighted by Gasteiger charge is 2.20. The monoisotopic (exact) mass is 261 g/mol. The molecule has 0 saturated carbocycles. The van der Waals surface area contributed by atoms with Crippen LogP contribution in [0.4, 0.5) is 5.69 Å². The van der Waals surface area contributed by atoms with Crippen LogP contribution in [-0.4, -0.2) is 35.4 Å². The molecule has 1 saturated heterocycles. The summed E-state index contributed by atoms with van der Waals surface area (Å²) in [4.78, 5) is 18.3. The summed E-state index contributed by atoms with van der Waals surface area (Å²) >= 11 is 0. The second kappa shape index (κ2) is 6.55. The lowest BCUT2D eigenvalue weighted by atomic mass is 10.1. The van der Waals surface area contributed by atoms with Gasteiger partial charge in [-0.1, -0.05) is 13.8 Å². The van der Waals surface area contributed by atoms with Crippen LogP contribution < -0.4 is 5.32 Å². The van der Waals surface area contributed by atoms with E-state index in [4.69, 9.17) is 0 Å². The Morgan fingerprint density at radius 3 is 2.84 bits per heavy atom. The second-order valence-electron chi connectivity index (χ2n) is 5.54. The number of pyridine rings is 1. The maximum Gasteiger partial charge on any atom is 0.272 e. The van der Waals surface area contributed by atoms with Gasteiger partial charge in [0.25, 0.3) is 5.91 Å². The highest BCUT2D eigenvalue weighted by Crippen LogP contribution is 2.14. The Morgan fingerprint density at radius 2 is 2.16 bits per heavy atom. The Hall–Kier alpha value is -1.58. The van der Waals surface area contributed by atoms with Crippen molar-refractivity contribution in [2.75, 3.05) is 25.0 Å². The SMILES string of the molecule is CC(C)CCNc1ccnc(C(=O)N2CCCC2)c1. The van der Waals surface area contributed by atoms with E-state index < -0.39 is 0 Å². The number of hydrogen-bond acceptors (Lipinski definition) is 3. The lowest BCUT2D eigenvalue weighted by Crippen LogP contribution is -2.28. The highest BCUT2D eigenvalue weighted by atomic mass is 16.2. The van der Waals surface area contributed by atoms with Crippen molar-refractivity contribution >= 4 is 11.6 Å². The molecule has 0 unspecified atom stereocenters. The third kappa shape index (κ3) is 3.94. The molecular weight excluding hydrogens is 238 g/mol. The first-order chi connectivity index (χ1) is 9.16. The van der Waals surface area contributed by atoms with E-state index in [0.29, 0.717) is 11.6 Å². The first kappa shape index (κ1) is 13.8. The third-order valence-corrected chi connectivity index (χ3v) is 3.42. The maximum atomic E-state index is 12.2. The van der Waals surface area contributed by atoms with Crippen LogP contribution >= 0.6 is 0 Å². The lowest BCUT2D eigenvalue weighted by Gasteiger charge is -2.15. The Kier molecular flexibility index (Phi) is 4.77. The van der Waals surface area contributed by atoms with Gasteiger partial charge in [-0.3, -0.25) is 9.78 Å². The molecule has 0 radical (unpaired) electrons. The fourth-order valence-electron chi connectivity index (χ4n) is 2.24. The molecule has 0 bridgehead atoms. The van der Waals surface area contributed by atoms with Gasteiger partial charge in [-0.2, -0.15) is 0 Å². The van der Waals surface area contributed by atoms with Gasteiger partial charge in [0.1, 0.15) is 5.69 Å². The zero-order chi connectivity index (χ0) is 13.7. The van der Waals surface area contributed by atoms with Crippen molar-refractivity contribution in [3.05, 3.63) is 24.0 Å². The zero-order valence-electron chi connectivity index (χ0n) is 11.9. The van der Waals surface area contributed by atoms with Crippen molar-refractivity contribution in [1.29, 1.82) is 0 Å². The lowest BCUT2D eigenvalue weighted by molar-refractivity contribution is 0.0787. The molecule has 2 rings (SSSR count). The van der Waals surface area contributed by atoms with Gasteiger partial charge in [0, 0.05) is 31.5 Å². The van der Waals surface area contributed by atoms with E-state index in [1.807, 2.05) is 17.0 Å². The smallest absolute Gasteiger partial charge is 0.272 e. The van der Waals surface area contributed by atoms with Crippen molar-refractivity contribution in [3.63, 3.8) is 0 Å². The fourth-order valence-corrected chi connectivity index (χ4v) is 2.24. The number of carbonyl (C=O) groups excluding carboxylic acids is 1. The number of rotatable bonds is 5. The van der Waals surface area contributed by atoms with Gasteiger partial charge in [0.15, 0.2) is 0 Å². The van der Waals surface area contributed by atoms with Crippen molar-refractivity contribution in [1.82, 2.24) is 9.88 Å². The molecule has 0 atom stereocenters. The molecule has 19 heavy (non-hydrogen) atoms. The molecule has 1 amide bonds. The minimum absolute atomic E-state index is 0.0602. The van der Waals surface area contributed by atoms with Crippen LogP contribution in [0.15, 0.2) is 18.3 Å². The van der Waals surface area contributed by atoms with Crippen LogP contribution in [0.2, 0.25) is 0 Å².